The van der Waals surface area contributed by atoms with Crippen LogP contribution in [0.2, 0.25) is 0 Å². The van der Waals surface area contributed by atoms with E-state index in [4.69, 9.17) is 23.7 Å². The number of unbranched alkanes of at least 4 members (excludes halogenated alkanes) is 1. The number of ether oxygens (including phenoxy) is 5. The predicted molar refractivity (Wildman–Crippen MR) is 92.2 cm³/mol. The fourth-order valence-electron chi connectivity index (χ4n) is 1.76. The molecule has 0 unspecified atom stereocenters. The van der Waals surface area contributed by atoms with E-state index < -0.39 is 0 Å². The maximum Gasteiger partial charge on any atom is 0.0701 e. The van der Waals surface area contributed by atoms with Gasteiger partial charge in [-0.25, -0.2) is 0 Å². The Morgan fingerprint density at radius 2 is 1.00 bits per heavy atom. The zero-order chi connectivity index (χ0) is 16.8. The molecule has 0 aromatic carbocycles. The Kier molecular flexibility index (Phi) is 21.5. The van der Waals surface area contributed by atoms with Crippen LogP contribution in [-0.2, 0) is 23.7 Å². The van der Waals surface area contributed by atoms with Gasteiger partial charge < -0.3 is 29.0 Å². The minimum Gasteiger partial charge on any atom is -0.379 e. The zero-order valence-corrected chi connectivity index (χ0v) is 15.1. The van der Waals surface area contributed by atoms with Gasteiger partial charge in [0, 0.05) is 26.4 Å². The van der Waals surface area contributed by atoms with Gasteiger partial charge in [-0.1, -0.05) is 6.92 Å². The molecule has 0 fully saturated rings. The van der Waals surface area contributed by atoms with Crippen molar-refractivity contribution in [3.63, 3.8) is 0 Å². The highest BCUT2D eigenvalue weighted by atomic mass is 16.5. The number of hydrogen-bond acceptors (Lipinski definition) is 6. The SMILES string of the molecule is CCCNCCOCCOCCCCOCCOCCOCC. The number of rotatable bonds is 20. The molecular formula is C17H37NO5. The van der Waals surface area contributed by atoms with E-state index in [-0.39, 0.29) is 0 Å². The van der Waals surface area contributed by atoms with Gasteiger partial charge in [0.2, 0.25) is 0 Å². The lowest BCUT2D eigenvalue weighted by Crippen LogP contribution is -2.21. The maximum absolute atomic E-state index is 5.50. The molecule has 0 amide bonds. The summed E-state index contributed by atoms with van der Waals surface area (Å²) in [7, 11) is 0. The van der Waals surface area contributed by atoms with Crippen LogP contribution in [0, 0.1) is 0 Å². The summed E-state index contributed by atoms with van der Waals surface area (Å²) in [6, 6.07) is 0. The Labute approximate surface area is 142 Å². The van der Waals surface area contributed by atoms with Crippen molar-refractivity contribution in [2.75, 3.05) is 79.2 Å². The molecule has 0 aliphatic heterocycles. The molecule has 6 nitrogen and oxygen atoms in total. The molecule has 0 aromatic heterocycles. The highest BCUT2D eigenvalue weighted by molar-refractivity contribution is 4.44. The summed E-state index contributed by atoms with van der Waals surface area (Å²) >= 11 is 0. The van der Waals surface area contributed by atoms with E-state index in [1.165, 1.54) is 0 Å². The minimum absolute atomic E-state index is 0.633. The number of hydrogen-bond donors (Lipinski definition) is 1. The molecule has 6 heteroatoms. The monoisotopic (exact) mass is 335 g/mol. The van der Waals surface area contributed by atoms with Gasteiger partial charge in [-0.15, -0.1) is 0 Å². The predicted octanol–water partition coefficient (Wildman–Crippen LogP) is 1.87. The normalized spacial score (nSPS) is 11.2. The molecule has 140 valence electrons. The second-order valence-corrected chi connectivity index (χ2v) is 5.10. The lowest BCUT2D eigenvalue weighted by atomic mass is 10.3. The Morgan fingerprint density at radius 1 is 0.522 bits per heavy atom. The Hall–Kier alpha value is -0.240. The average molecular weight is 335 g/mol. The van der Waals surface area contributed by atoms with Crippen LogP contribution in [0.15, 0.2) is 0 Å². The van der Waals surface area contributed by atoms with Gasteiger partial charge >= 0.3 is 0 Å². The molecule has 0 saturated carbocycles. The van der Waals surface area contributed by atoms with Crippen LogP contribution in [0.25, 0.3) is 0 Å². The standard InChI is InChI=1S/C17H37NO5/c1-3-7-18-8-11-22-16-14-20-9-5-6-10-21-15-17-23-13-12-19-4-2/h18H,3-17H2,1-2H3. The van der Waals surface area contributed by atoms with Gasteiger partial charge in [-0.2, -0.15) is 0 Å². The van der Waals surface area contributed by atoms with E-state index in [1.54, 1.807) is 0 Å². The molecule has 0 aromatic rings. The van der Waals surface area contributed by atoms with Crippen LogP contribution in [-0.4, -0.2) is 79.2 Å². The first-order chi connectivity index (χ1) is 11.4. The van der Waals surface area contributed by atoms with Crippen LogP contribution in [0.4, 0.5) is 0 Å². The van der Waals surface area contributed by atoms with Crippen molar-refractivity contribution < 1.29 is 23.7 Å². The summed E-state index contributed by atoms with van der Waals surface area (Å²) in [5.41, 5.74) is 0. The van der Waals surface area contributed by atoms with E-state index in [0.29, 0.717) is 39.6 Å². The van der Waals surface area contributed by atoms with Gasteiger partial charge in [0.05, 0.1) is 46.2 Å². The Morgan fingerprint density at radius 3 is 1.52 bits per heavy atom. The van der Waals surface area contributed by atoms with E-state index >= 15 is 0 Å². The summed E-state index contributed by atoms with van der Waals surface area (Å²) < 4.78 is 27.0. The smallest absolute Gasteiger partial charge is 0.0701 e. The zero-order valence-electron chi connectivity index (χ0n) is 15.1. The van der Waals surface area contributed by atoms with Gasteiger partial charge in [0.25, 0.3) is 0 Å². The first kappa shape index (κ1) is 22.8. The van der Waals surface area contributed by atoms with Crippen molar-refractivity contribution in [2.24, 2.45) is 0 Å². The second-order valence-electron chi connectivity index (χ2n) is 5.10. The molecule has 1 N–H and O–H groups in total. The summed E-state index contributed by atoms with van der Waals surface area (Å²) in [6.45, 7) is 13.1. The Bertz CT molecular complexity index is 187. The van der Waals surface area contributed by atoms with Gasteiger partial charge in [0.1, 0.15) is 0 Å². The van der Waals surface area contributed by atoms with Crippen molar-refractivity contribution >= 4 is 0 Å². The first-order valence-electron chi connectivity index (χ1n) is 9.01. The molecule has 0 spiro atoms. The van der Waals surface area contributed by atoms with Gasteiger partial charge in [0.15, 0.2) is 0 Å². The summed E-state index contributed by atoms with van der Waals surface area (Å²) in [5, 5.41) is 3.29. The van der Waals surface area contributed by atoms with E-state index in [1.807, 2.05) is 6.92 Å². The molecule has 0 aliphatic rings. The molecule has 23 heavy (non-hydrogen) atoms. The van der Waals surface area contributed by atoms with Crippen LogP contribution in [0.5, 0.6) is 0 Å². The summed E-state index contributed by atoms with van der Waals surface area (Å²) in [4.78, 5) is 0. The lowest BCUT2D eigenvalue weighted by Gasteiger charge is -2.07. The first-order valence-corrected chi connectivity index (χ1v) is 9.01. The van der Waals surface area contributed by atoms with E-state index in [0.717, 1.165) is 58.8 Å². The highest BCUT2D eigenvalue weighted by Gasteiger charge is 1.93. The molecule has 0 bridgehead atoms. The third kappa shape index (κ3) is 21.8. The van der Waals surface area contributed by atoms with Gasteiger partial charge in [-0.05, 0) is 32.7 Å². The van der Waals surface area contributed by atoms with Crippen LogP contribution in [0.3, 0.4) is 0 Å². The summed E-state index contributed by atoms with van der Waals surface area (Å²) in [6.07, 6.45) is 3.19. The third-order valence-corrected chi connectivity index (χ3v) is 3.00. The van der Waals surface area contributed by atoms with Crippen molar-refractivity contribution in [3.05, 3.63) is 0 Å². The largest absolute Gasteiger partial charge is 0.379 e. The van der Waals surface area contributed by atoms with Crippen molar-refractivity contribution in [1.29, 1.82) is 0 Å². The molecule has 0 saturated heterocycles. The van der Waals surface area contributed by atoms with Crippen LogP contribution >= 0.6 is 0 Å². The average Bonchev–Trinajstić information content (AvgIpc) is 2.57. The second kappa shape index (κ2) is 21.8. The van der Waals surface area contributed by atoms with Crippen molar-refractivity contribution in [3.8, 4) is 0 Å². The Balaban J connectivity index is 2.92. The van der Waals surface area contributed by atoms with Crippen molar-refractivity contribution in [1.82, 2.24) is 5.32 Å². The molecule has 0 radical (unpaired) electrons. The van der Waals surface area contributed by atoms with Gasteiger partial charge in [-0.3, -0.25) is 0 Å². The molecule has 0 aliphatic carbocycles. The van der Waals surface area contributed by atoms with Crippen LogP contribution < -0.4 is 5.32 Å². The molecular weight excluding hydrogens is 298 g/mol. The third-order valence-electron chi connectivity index (χ3n) is 3.00. The molecule has 0 atom stereocenters. The summed E-state index contributed by atoms with van der Waals surface area (Å²) in [5.74, 6) is 0. The van der Waals surface area contributed by atoms with E-state index in [9.17, 15) is 0 Å². The topological polar surface area (TPSA) is 58.2 Å². The molecule has 0 heterocycles. The fourth-order valence-corrected chi connectivity index (χ4v) is 1.76. The lowest BCUT2D eigenvalue weighted by molar-refractivity contribution is 0.0137. The maximum atomic E-state index is 5.50. The molecule has 0 rings (SSSR count). The highest BCUT2D eigenvalue weighted by Crippen LogP contribution is 1.92. The van der Waals surface area contributed by atoms with Crippen LogP contribution in [0.1, 0.15) is 33.1 Å². The minimum atomic E-state index is 0.633. The quantitative estimate of drug-likeness (QED) is 0.343. The fraction of sp³-hybridized carbons (Fsp3) is 1.00. The number of nitrogens with one attached hydrogen (secondary N) is 1. The van der Waals surface area contributed by atoms with Crippen molar-refractivity contribution in [2.45, 2.75) is 33.1 Å². The van der Waals surface area contributed by atoms with E-state index in [2.05, 4.69) is 12.2 Å².